The van der Waals surface area contributed by atoms with E-state index in [1.165, 1.54) is 38.2 Å². The molecule has 0 spiro atoms. The molecule has 2 aliphatic heterocycles. The van der Waals surface area contributed by atoms with Gasteiger partial charge in [-0.1, -0.05) is 0 Å². The average molecular weight is 417 g/mol. The monoisotopic (exact) mass is 416 g/mol. The normalized spacial score (nSPS) is 24.0. The zero-order chi connectivity index (χ0) is 18.9. The Balaban J connectivity index is 0.00000261. The number of hydrogen-bond donors (Lipinski definition) is 2. The summed E-state index contributed by atoms with van der Waals surface area (Å²) in [6, 6.07) is 5.06. The van der Waals surface area contributed by atoms with E-state index < -0.39 is 15.8 Å². The third kappa shape index (κ3) is 5.43. The van der Waals surface area contributed by atoms with Crippen LogP contribution in [0.15, 0.2) is 23.1 Å². The van der Waals surface area contributed by atoms with Crippen LogP contribution in [-0.2, 0) is 19.4 Å². The number of amides is 1. The summed E-state index contributed by atoms with van der Waals surface area (Å²) < 4.78 is 28.4. The number of hydrogen-bond acceptors (Lipinski definition) is 6. The lowest BCUT2D eigenvalue weighted by atomic mass is 9.89. The van der Waals surface area contributed by atoms with Crippen molar-refractivity contribution in [3.63, 3.8) is 0 Å². The number of ether oxygens (including phenoxy) is 1. The third-order valence-corrected chi connectivity index (χ3v) is 6.18. The molecule has 0 radical (unpaired) electrons. The lowest BCUT2D eigenvalue weighted by Gasteiger charge is -2.28. The highest BCUT2D eigenvalue weighted by molar-refractivity contribution is 7.90. The largest absolute Gasteiger partial charge is 0.465 e. The highest BCUT2D eigenvalue weighted by Crippen LogP contribution is 2.33. The fraction of sp³-hybridized carbons (Fsp3) is 0.556. The minimum Gasteiger partial charge on any atom is -0.465 e. The molecule has 1 amide bonds. The van der Waals surface area contributed by atoms with Crippen LogP contribution in [0.4, 0.5) is 5.69 Å². The third-order valence-electron chi connectivity index (χ3n) is 5.08. The number of benzene rings is 1. The summed E-state index contributed by atoms with van der Waals surface area (Å²) in [6.07, 6.45) is 5.76. The van der Waals surface area contributed by atoms with E-state index in [1.807, 2.05) is 0 Å². The molecule has 2 aliphatic rings. The van der Waals surface area contributed by atoms with Crippen molar-refractivity contribution in [3.05, 3.63) is 23.8 Å². The Kier molecular flexibility index (Phi) is 6.88. The first-order valence-corrected chi connectivity index (χ1v) is 10.6. The number of sulfone groups is 1. The molecule has 9 heteroatoms. The Labute approximate surface area is 165 Å². The van der Waals surface area contributed by atoms with Crippen LogP contribution >= 0.6 is 12.4 Å². The van der Waals surface area contributed by atoms with Crippen LogP contribution in [0.5, 0.6) is 0 Å². The van der Waals surface area contributed by atoms with E-state index in [0.29, 0.717) is 24.4 Å². The second kappa shape index (κ2) is 8.58. The molecule has 2 bridgehead atoms. The van der Waals surface area contributed by atoms with Crippen LogP contribution in [0.25, 0.3) is 0 Å². The van der Waals surface area contributed by atoms with Crippen LogP contribution in [0, 0.1) is 5.92 Å². The van der Waals surface area contributed by atoms with Crippen molar-refractivity contribution in [1.82, 2.24) is 5.32 Å². The molecular formula is C18H25ClN2O5S. The number of esters is 1. The van der Waals surface area contributed by atoms with Crippen LogP contribution in [0.1, 0.15) is 42.5 Å². The molecule has 3 rings (SSSR count). The van der Waals surface area contributed by atoms with Gasteiger partial charge >= 0.3 is 5.97 Å². The van der Waals surface area contributed by atoms with Gasteiger partial charge in [-0.2, -0.15) is 0 Å². The molecule has 2 atom stereocenters. The van der Waals surface area contributed by atoms with Gasteiger partial charge in [-0.25, -0.2) is 13.2 Å². The van der Waals surface area contributed by atoms with Crippen molar-refractivity contribution in [3.8, 4) is 0 Å². The molecule has 150 valence electrons. The van der Waals surface area contributed by atoms with Gasteiger partial charge in [0.15, 0.2) is 9.84 Å². The van der Waals surface area contributed by atoms with Crippen LogP contribution in [-0.4, -0.2) is 45.7 Å². The van der Waals surface area contributed by atoms with Gasteiger partial charge in [0.25, 0.3) is 0 Å². The SMILES string of the molecule is COC(=O)c1cc(NC(=O)CC2CC3CCC(C2)N3)cc(S(C)(=O)=O)c1.Cl. The van der Waals surface area contributed by atoms with Crippen molar-refractivity contribution < 1.29 is 22.7 Å². The molecule has 1 aromatic rings. The number of carbonyl (C=O) groups is 2. The van der Waals surface area contributed by atoms with E-state index in [-0.39, 0.29) is 34.5 Å². The molecule has 1 aromatic carbocycles. The lowest BCUT2D eigenvalue weighted by molar-refractivity contribution is -0.117. The topological polar surface area (TPSA) is 102 Å². The summed E-state index contributed by atoms with van der Waals surface area (Å²) in [5.74, 6) is -0.495. The molecule has 0 aliphatic carbocycles. The predicted octanol–water partition coefficient (Wildman–Crippen LogP) is 2.16. The summed E-state index contributed by atoms with van der Waals surface area (Å²) in [5, 5.41) is 6.28. The fourth-order valence-electron chi connectivity index (χ4n) is 3.94. The zero-order valence-corrected chi connectivity index (χ0v) is 17.0. The second-order valence-corrected chi connectivity index (χ2v) is 9.25. The maximum Gasteiger partial charge on any atom is 0.337 e. The fourth-order valence-corrected chi connectivity index (χ4v) is 4.62. The summed E-state index contributed by atoms with van der Waals surface area (Å²) in [4.78, 5) is 24.2. The Bertz CT molecular complexity index is 815. The van der Waals surface area contributed by atoms with Crippen molar-refractivity contribution in [2.45, 2.75) is 49.1 Å². The first-order valence-electron chi connectivity index (χ1n) is 8.74. The molecule has 2 unspecified atom stereocenters. The minimum atomic E-state index is -3.53. The van der Waals surface area contributed by atoms with Crippen LogP contribution in [0.3, 0.4) is 0 Å². The second-order valence-electron chi connectivity index (χ2n) is 7.24. The van der Waals surface area contributed by atoms with Crippen LogP contribution in [0.2, 0.25) is 0 Å². The summed E-state index contributed by atoms with van der Waals surface area (Å²) in [5.41, 5.74) is 0.376. The Morgan fingerprint density at radius 1 is 1.19 bits per heavy atom. The molecule has 2 N–H and O–H groups in total. The zero-order valence-electron chi connectivity index (χ0n) is 15.4. The van der Waals surface area contributed by atoms with E-state index >= 15 is 0 Å². The smallest absolute Gasteiger partial charge is 0.337 e. The number of piperidine rings is 1. The van der Waals surface area contributed by atoms with Gasteiger partial charge < -0.3 is 15.4 Å². The van der Waals surface area contributed by atoms with Gasteiger partial charge in [-0.3, -0.25) is 4.79 Å². The molecule has 0 saturated carbocycles. The first-order chi connectivity index (χ1) is 12.2. The number of methoxy groups -OCH3 is 1. The van der Waals surface area contributed by atoms with Gasteiger partial charge in [0, 0.05) is 30.4 Å². The van der Waals surface area contributed by atoms with Crippen LogP contribution < -0.4 is 10.6 Å². The van der Waals surface area contributed by atoms with Gasteiger partial charge in [-0.15, -0.1) is 12.4 Å². The van der Waals surface area contributed by atoms with E-state index in [1.54, 1.807) is 0 Å². The standard InChI is InChI=1S/C18H24N2O5S.ClH/c1-25-18(22)12-8-15(10-16(9-12)26(2,23)24)20-17(21)7-11-5-13-3-4-14(6-11)19-13;/h8-11,13-14,19H,3-7H2,1-2H3,(H,20,21);1H. The number of carbonyl (C=O) groups excluding carboxylic acids is 2. The molecule has 27 heavy (non-hydrogen) atoms. The molecule has 2 saturated heterocycles. The van der Waals surface area contributed by atoms with E-state index in [9.17, 15) is 18.0 Å². The van der Waals surface area contributed by atoms with Gasteiger partial charge in [0.05, 0.1) is 17.6 Å². The molecule has 0 aromatic heterocycles. The molecule has 2 fully saturated rings. The summed E-state index contributed by atoms with van der Waals surface area (Å²) in [7, 11) is -2.30. The van der Waals surface area contributed by atoms with E-state index in [4.69, 9.17) is 0 Å². The maximum atomic E-state index is 12.4. The number of anilines is 1. The number of halogens is 1. The minimum absolute atomic E-state index is 0. The van der Waals surface area contributed by atoms with Crippen molar-refractivity contribution in [1.29, 1.82) is 0 Å². The number of rotatable bonds is 5. The maximum absolute atomic E-state index is 12.4. The number of fused-ring (bicyclic) bond motifs is 2. The summed E-state index contributed by atoms with van der Waals surface area (Å²) >= 11 is 0. The van der Waals surface area contributed by atoms with Crippen molar-refractivity contribution in [2.75, 3.05) is 18.7 Å². The average Bonchev–Trinajstić information content (AvgIpc) is 2.91. The number of nitrogens with one attached hydrogen (secondary N) is 2. The Morgan fingerprint density at radius 3 is 2.37 bits per heavy atom. The molecule has 2 heterocycles. The van der Waals surface area contributed by atoms with E-state index in [0.717, 1.165) is 19.1 Å². The lowest BCUT2D eigenvalue weighted by Crippen LogP contribution is -2.39. The highest BCUT2D eigenvalue weighted by Gasteiger charge is 2.34. The Morgan fingerprint density at radius 2 is 1.81 bits per heavy atom. The quantitative estimate of drug-likeness (QED) is 0.713. The van der Waals surface area contributed by atoms with Crippen molar-refractivity contribution in [2.24, 2.45) is 5.92 Å². The summed E-state index contributed by atoms with van der Waals surface area (Å²) in [6.45, 7) is 0. The predicted molar refractivity (Wildman–Crippen MR) is 104 cm³/mol. The van der Waals surface area contributed by atoms with Gasteiger partial charge in [0.2, 0.25) is 5.91 Å². The van der Waals surface area contributed by atoms with Gasteiger partial charge in [0.1, 0.15) is 0 Å². The Hall–Kier alpha value is -1.64. The highest BCUT2D eigenvalue weighted by atomic mass is 35.5. The van der Waals surface area contributed by atoms with E-state index in [2.05, 4.69) is 15.4 Å². The van der Waals surface area contributed by atoms with Gasteiger partial charge in [-0.05, 0) is 49.8 Å². The van der Waals surface area contributed by atoms with Crippen molar-refractivity contribution >= 4 is 39.8 Å². The molecule has 7 nitrogen and oxygen atoms in total. The first kappa shape index (κ1) is 21.7. The molecular weight excluding hydrogens is 392 g/mol.